The number of carbonyl (C=O) groups is 1. The van der Waals surface area contributed by atoms with Gasteiger partial charge in [0.1, 0.15) is 19.0 Å². The van der Waals surface area contributed by atoms with Crippen molar-refractivity contribution in [3.05, 3.63) is 54.1 Å². The average molecular weight is 409 g/mol. The van der Waals surface area contributed by atoms with Crippen molar-refractivity contribution >= 4 is 5.91 Å². The maximum Gasteiger partial charge on any atom is 0.273 e. The minimum Gasteiger partial charge on any atom is -0.486 e. The van der Waals surface area contributed by atoms with Crippen molar-refractivity contribution in [3.63, 3.8) is 0 Å². The highest BCUT2D eigenvalue weighted by Gasteiger charge is 2.26. The molecule has 8 heteroatoms. The summed E-state index contributed by atoms with van der Waals surface area (Å²) in [5.74, 6) is 2.44. The molecular formula is C22H23N3O5. The molecule has 0 unspecified atom stereocenters. The Morgan fingerprint density at radius 1 is 1.10 bits per heavy atom. The summed E-state index contributed by atoms with van der Waals surface area (Å²) in [6, 6.07) is 11.0. The third kappa shape index (κ3) is 3.78. The molecule has 4 heterocycles. The van der Waals surface area contributed by atoms with Crippen molar-refractivity contribution in [3.8, 4) is 22.8 Å². The summed E-state index contributed by atoms with van der Waals surface area (Å²) >= 11 is 0. The molecule has 8 nitrogen and oxygen atoms in total. The molecule has 3 aromatic rings. The number of nitrogens with zero attached hydrogens (tertiary/aromatic N) is 2. The van der Waals surface area contributed by atoms with Gasteiger partial charge in [-0.1, -0.05) is 5.16 Å². The van der Waals surface area contributed by atoms with Crippen LogP contribution in [-0.2, 0) is 0 Å². The number of amides is 1. The van der Waals surface area contributed by atoms with Crippen LogP contribution in [0.1, 0.15) is 35.1 Å². The zero-order chi connectivity index (χ0) is 20.3. The second-order valence-corrected chi connectivity index (χ2v) is 7.42. The lowest BCUT2D eigenvalue weighted by atomic mass is 10.1. The topological polar surface area (TPSA) is 90.0 Å². The number of hydrogen-bond donors (Lipinski definition) is 1. The van der Waals surface area contributed by atoms with E-state index in [2.05, 4.69) is 15.4 Å². The van der Waals surface area contributed by atoms with Crippen LogP contribution in [0.25, 0.3) is 11.3 Å². The van der Waals surface area contributed by atoms with Gasteiger partial charge in [0.25, 0.3) is 5.91 Å². The average Bonchev–Trinajstić information content (AvgIpc) is 3.56. The molecule has 156 valence electrons. The molecule has 0 saturated carbocycles. The largest absolute Gasteiger partial charge is 0.486 e. The lowest BCUT2D eigenvalue weighted by molar-refractivity contribution is 0.0925. The smallest absolute Gasteiger partial charge is 0.273 e. The zero-order valence-electron chi connectivity index (χ0n) is 16.5. The monoisotopic (exact) mass is 409 g/mol. The first kappa shape index (κ1) is 18.7. The molecule has 0 radical (unpaired) electrons. The Bertz CT molecular complexity index is 1010. The molecule has 2 aliphatic heterocycles. The van der Waals surface area contributed by atoms with E-state index >= 15 is 0 Å². The number of aromatic nitrogens is 1. The molecule has 1 aromatic carbocycles. The van der Waals surface area contributed by atoms with Gasteiger partial charge in [0.05, 0.1) is 12.3 Å². The molecule has 30 heavy (non-hydrogen) atoms. The molecule has 2 aromatic heterocycles. The maximum absolute atomic E-state index is 12.7. The van der Waals surface area contributed by atoms with Gasteiger partial charge < -0.3 is 23.7 Å². The van der Waals surface area contributed by atoms with Crippen molar-refractivity contribution in [1.82, 2.24) is 15.4 Å². The van der Waals surface area contributed by atoms with E-state index in [0.717, 1.165) is 37.3 Å². The van der Waals surface area contributed by atoms with Crippen LogP contribution in [0.15, 0.2) is 51.6 Å². The first-order chi connectivity index (χ1) is 14.8. The van der Waals surface area contributed by atoms with Crippen LogP contribution in [0.5, 0.6) is 11.5 Å². The number of carbonyl (C=O) groups excluding carboxylic acids is 1. The lowest BCUT2D eigenvalue weighted by Crippen LogP contribution is -2.36. The molecule has 1 atom stereocenters. The van der Waals surface area contributed by atoms with E-state index in [1.807, 2.05) is 30.3 Å². The van der Waals surface area contributed by atoms with Crippen LogP contribution >= 0.6 is 0 Å². The number of fused-ring (bicyclic) bond motifs is 1. The fourth-order valence-corrected chi connectivity index (χ4v) is 3.94. The predicted octanol–water partition coefficient (Wildman–Crippen LogP) is 3.27. The van der Waals surface area contributed by atoms with Gasteiger partial charge in [-0.2, -0.15) is 0 Å². The molecule has 1 saturated heterocycles. The van der Waals surface area contributed by atoms with E-state index in [1.54, 1.807) is 12.3 Å². The number of furan rings is 1. The molecule has 5 rings (SSSR count). The van der Waals surface area contributed by atoms with Crippen molar-refractivity contribution in [2.75, 3.05) is 32.8 Å². The Morgan fingerprint density at radius 3 is 2.73 bits per heavy atom. The van der Waals surface area contributed by atoms with E-state index in [0.29, 0.717) is 37.0 Å². The summed E-state index contributed by atoms with van der Waals surface area (Å²) in [6.45, 7) is 3.49. The highest BCUT2D eigenvalue weighted by Crippen LogP contribution is 2.34. The Kier molecular flexibility index (Phi) is 5.15. The summed E-state index contributed by atoms with van der Waals surface area (Å²) in [4.78, 5) is 15.0. The number of rotatable bonds is 6. The normalized spacial score (nSPS) is 17.1. The summed E-state index contributed by atoms with van der Waals surface area (Å²) in [5, 5.41) is 6.92. The van der Waals surface area contributed by atoms with Gasteiger partial charge in [-0.3, -0.25) is 9.69 Å². The number of likely N-dealkylation sites (tertiary alicyclic amines) is 1. The molecule has 1 fully saturated rings. The van der Waals surface area contributed by atoms with Gasteiger partial charge in [-0.15, -0.1) is 0 Å². The molecular weight excluding hydrogens is 386 g/mol. The lowest BCUT2D eigenvalue weighted by Gasteiger charge is -2.25. The summed E-state index contributed by atoms with van der Waals surface area (Å²) in [6.07, 6.45) is 3.98. The number of ether oxygens (including phenoxy) is 2. The third-order valence-corrected chi connectivity index (χ3v) is 5.48. The van der Waals surface area contributed by atoms with Crippen LogP contribution in [0, 0.1) is 0 Å². The van der Waals surface area contributed by atoms with E-state index in [-0.39, 0.29) is 17.6 Å². The van der Waals surface area contributed by atoms with Crippen molar-refractivity contribution < 1.29 is 23.2 Å². The Morgan fingerprint density at radius 2 is 1.93 bits per heavy atom. The molecule has 0 aliphatic carbocycles. The molecule has 1 N–H and O–H groups in total. The Hall–Kier alpha value is -3.26. The number of hydrogen-bond acceptors (Lipinski definition) is 7. The van der Waals surface area contributed by atoms with Crippen LogP contribution in [0.3, 0.4) is 0 Å². The molecule has 0 bridgehead atoms. The van der Waals surface area contributed by atoms with E-state index < -0.39 is 0 Å². The van der Waals surface area contributed by atoms with Crippen molar-refractivity contribution in [2.45, 2.75) is 18.9 Å². The van der Waals surface area contributed by atoms with Crippen LogP contribution in [0.2, 0.25) is 0 Å². The van der Waals surface area contributed by atoms with E-state index in [1.165, 1.54) is 0 Å². The first-order valence-electron chi connectivity index (χ1n) is 10.2. The fraction of sp³-hybridized carbons (Fsp3) is 0.364. The Balaban J connectivity index is 1.27. The second-order valence-electron chi connectivity index (χ2n) is 7.42. The van der Waals surface area contributed by atoms with Gasteiger partial charge >= 0.3 is 0 Å². The van der Waals surface area contributed by atoms with Gasteiger partial charge in [0, 0.05) is 18.2 Å². The van der Waals surface area contributed by atoms with Crippen LogP contribution in [-0.4, -0.2) is 48.8 Å². The zero-order valence-corrected chi connectivity index (χ0v) is 16.5. The van der Waals surface area contributed by atoms with Crippen LogP contribution in [0.4, 0.5) is 0 Å². The SMILES string of the molecule is O=C(NC[C@@H](c1ccco1)N1CCCC1)c1cc(-c2ccc3c(c2)OCCO3)on1. The quantitative estimate of drug-likeness (QED) is 0.668. The molecule has 0 spiro atoms. The van der Waals surface area contributed by atoms with Gasteiger partial charge in [0.15, 0.2) is 23.0 Å². The summed E-state index contributed by atoms with van der Waals surface area (Å²) in [5.41, 5.74) is 1.01. The molecule has 1 amide bonds. The number of nitrogens with one attached hydrogen (secondary N) is 1. The Labute approximate surface area is 173 Å². The van der Waals surface area contributed by atoms with E-state index in [9.17, 15) is 4.79 Å². The van der Waals surface area contributed by atoms with E-state index in [4.69, 9.17) is 18.4 Å². The van der Waals surface area contributed by atoms with Crippen molar-refractivity contribution in [1.29, 1.82) is 0 Å². The minimum atomic E-state index is -0.279. The maximum atomic E-state index is 12.7. The standard InChI is InChI=1S/C22H23N3O5/c26-22(23-14-17(18-4-3-9-27-18)25-7-1-2-8-25)16-13-20(30-24-16)15-5-6-19-21(12-15)29-11-10-28-19/h3-6,9,12-13,17H,1-2,7-8,10-11,14H2,(H,23,26)/t17-/m0/s1. The van der Waals surface area contributed by atoms with Gasteiger partial charge in [-0.25, -0.2) is 0 Å². The predicted molar refractivity (Wildman–Crippen MR) is 108 cm³/mol. The van der Waals surface area contributed by atoms with Gasteiger partial charge in [0.2, 0.25) is 0 Å². The summed E-state index contributed by atoms with van der Waals surface area (Å²) in [7, 11) is 0. The second kappa shape index (κ2) is 8.23. The van der Waals surface area contributed by atoms with Crippen LogP contribution < -0.4 is 14.8 Å². The number of benzene rings is 1. The fourth-order valence-electron chi connectivity index (χ4n) is 3.94. The highest BCUT2D eigenvalue weighted by atomic mass is 16.6. The first-order valence-corrected chi connectivity index (χ1v) is 10.2. The molecule has 2 aliphatic rings. The van der Waals surface area contributed by atoms with Gasteiger partial charge in [-0.05, 0) is 56.3 Å². The third-order valence-electron chi connectivity index (χ3n) is 5.48. The summed E-state index contributed by atoms with van der Waals surface area (Å²) < 4.78 is 22.2. The highest BCUT2D eigenvalue weighted by molar-refractivity contribution is 5.93. The minimum absolute atomic E-state index is 0.00983. The van der Waals surface area contributed by atoms with Crippen molar-refractivity contribution in [2.24, 2.45) is 0 Å².